The van der Waals surface area contributed by atoms with Crippen LogP contribution in [0.4, 0.5) is 9.59 Å². The Hall–Kier alpha value is -3.90. The van der Waals surface area contributed by atoms with Crippen molar-refractivity contribution in [2.24, 2.45) is 0 Å². The summed E-state index contributed by atoms with van der Waals surface area (Å²) in [6, 6.07) is -0.985. The second-order valence-corrected chi connectivity index (χ2v) is 6.99. The lowest BCUT2D eigenvalue weighted by Crippen LogP contribution is -2.48. The van der Waals surface area contributed by atoms with Gasteiger partial charge < -0.3 is 30.7 Å². The fourth-order valence-corrected chi connectivity index (χ4v) is 2.79. The number of carbonyl (C=O) groups is 6. The summed E-state index contributed by atoms with van der Waals surface area (Å²) in [5.74, 6) is -2.35. The van der Waals surface area contributed by atoms with Gasteiger partial charge in [-0.1, -0.05) is 6.58 Å². The van der Waals surface area contributed by atoms with Crippen molar-refractivity contribution in [1.29, 1.82) is 0 Å². The number of ether oxygens (including phenoxy) is 2. The zero-order valence-electron chi connectivity index (χ0n) is 19.3. The van der Waals surface area contributed by atoms with E-state index in [0.717, 1.165) is 17.1 Å². The number of nitrogens with one attached hydrogen (secondary N) is 4. The van der Waals surface area contributed by atoms with E-state index in [1.807, 2.05) is 0 Å². The third-order valence-corrected chi connectivity index (χ3v) is 4.38. The first-order chi connectivity index (χ1) is 16.2. The molecule has 13 heteroatoms. The molecule has 1 unspecified atom stereocenters. The summed E-state index contributed by atoms with van der Waals surface area (Å²) < 4.78 is 9.56. The van der Waals surface area contributed by atoms with Crippen LogP contribution in [0.5, 0.6) is 0 Å². The standard InChI is InChI=1S/C21H31N5O8/c1-4-33-20(31)22-12-7-6-8-15(25-21(32)34-5-2)19(30)24-14(3)23-16(27)11-13-26-17(28)9-10-18(26)29/h9-10,15H,3-8,11-13H2,1-2H3,(H,22,31)(H,23,27)(H,24,30)(H,25,32). The van der Waals surface area contributed by atoms with Crippen molar-refractivity contribution in [3.63, 3.8) is 0 Å². The molecule has 0 saturated carbocycles. The summed E-state index contributed by atoms with van der Waals surface area (Å²) in [6.45, 7) is 7.44. The second-order valence-electron chi connectivity index (χ2n) is 6.99. The minimum atomic E-state index is -0.985. The third-order valence-electron chi connectivity index (χ3n) is 4.38. The second kappa shape index (κ2) is 15.0. The number of amides is 6. The zero-order valence-corrected chi connectivity index (χ0v) is 19.3. The van der Waals surface area contributed by atoms with E-state index in [2.05, 4.69) is 27.8 Å². The molecule has 188 valence electrons. The van der Waals surface area contributed by atoms with Gasteiger partial charge in [-0.25, -0.2) is 9.59 Å². The minimum Gasteiger partial charge on any atom is -0.450 e. The first-order valence-electron chi connectivity index (χ1n) is 10.8. The molecule has 0 spiro atoms. The monoisotopic (exact) mass is 481 g/mol. The maximum absolute atomic E-state index is 12.6. The molecular formula is C21H31N5O8. The molecule has 6 amide bonds. The predicted molar refractivity (Wildman–Crippen MR) is 119 cm³/mol. The van der Waals surface area contributed by atoms with Gasteiger partial charge in [-0.2, -0.15) is 0 Å². The summed E-state index contributed by atoms with van der Waals surface area (Å²) in [4.78, 5) is 71.6. The smallest absolute Gasteiger partial charge is 0.407 e. The highest BCUT2D eigenvalue weighted by atomic mass is 16.6. The molecule has 34 heavy (non-hydrogen) atoms. The van der Waals surface area contributed by atoms with Crippen molar-refractivity contribution < 1.29 is 38.2 Å². The van der Waals surface area contributed by atoms with Gasteiger partial charge in [0.2, 0.25) is 11.8 Å². The van der Waals surface area contributed by atoms with Crippen molar-refractivity contribution in [2.45, 2.75) is 45.6 Å². The molecule has 0 aromatic carbocycles. The van der Waals surface area contributed by atoms with Crippen LogP contribution in [-0.2, 0) is 28.7 Å². The number of hydrogen-bond acceptors (Lipinski definition) is 8. The molecule has 4 N–H and O–H groups in total. The van der Waals surface area contributed by atoms with Crippen LogP contribution in [-0.4, -0.2) is 73.1 Å². The number of alkyl carbamates (subject to hydrolysis) is 2. The van der Waals surface area contributed by atoms with Crippen molar-refractivity contribution in [3.8, 4) is 0 Å². The average Bonchev–Trinajstić information content (AvgIpc) is 3.08. The fourth-order valence-electron chi connectivity index (χ4n) is 2.79. The van der Waals surface area contributed by atoms with Crippen LogP contribution in [0.15, 0.2) is 24.6 Å². The first kappa shape index (κ1) is 28.1. The van der Waals surface area contributed by atoms with Gasteiger partial charge >= 0.3 is 12.2 Å². The summed E-state index contributed by atoms with van der Waals surface area (Å²) in [6.07, 6.45) is 1.94. The Morgan fingerprint density at radius 1 is 0.971 bits per heavy atom. The van der Waals surface area contributed by atoms with Crippen molar-refractivity contribution in [1.82, 2.24) is 26.2 Å². The molecule has 0 aromatic rings. The summed E-state index contributed by atoms with van der Waals surface area (Å²) in [5, 5.41) is 9.75. The molecule has 0 saturated heterocycles. The number of unbranched alkanes of at least 4 members (excludes halogenated alkanes) is 1. The highest BCUT2D eigenvalue weighted by molar-refractivity contribution is 6.13. The number of imide groups is 1. The molecule has 1 aliphatic rings. The molecule has 1 aliphatic heterocycles. The van der Waals surface area contributed by atoms with Gasteiger partial charge in [0, 0.05) is 31.7 Å². The lowest BCUT2D eigenvalue weighted by Gasteiger charge is -2.19. The van der Waals surface area contributed by atoms with Gasteiger partial charge in [-0.05, 0) is 33.1 Å². The molecule has 1 heterocycles. The zero-order chi connectivity index (χ0) is 25.5. The van der Waals surface area contributed by atoms with Crippen LogP contribution in [0.25, 0.3) is 0 Å². The van der Waals surface area contributed by atoms with E-state index >= 15 is 0 Å². The van der Waals surface area contributed by atoms with Crippen LogP contribution < -0.4 is 21.3 Å². The molecule has 0 fully saturated rings. The van der Waals surface area contributed by atoms with E-state index in [4.69, 9.17) is 9.47 Å². The van der Waals surface area contributed by atoms with E-state index in [1.165, 1.54) is 0 Å². The van der Waals surface area contributed by atoms with E-state index in [1.54, 1.807) is 13.8 Å². The largest absolute Gasteiger partial charge is 0.450 e. The van der Waals surface area contributed by atoms with Crippen molar-refractivity contribution >= 4 is 35.8 Å². The average molecular weight is 482 g/mol. The van der Waals surface area contributed by atoms with E-state index < -0.39 is 41.9 Å². The summed E-state index contributed by atoms with van der Waals surface area (Å²) in [5.41, 5.74) is 0. The number of rotatable bonds is 14. The number of carbonyl (C=O) groups excluding carboxylic acids is 6. The third kappa shape index (κ3) is 10.6. The molecular weight excluding hydrogens is 450 g/mol. The van der Waals surface area contributed by atoms with Crippen LogP contribution >= 0.6 is 0 Å². The molecule has 0 aromatic heterocycles. The lowest BCUT2D eigenvalue weighted by atomic mass is 10.1. The number of hydrogen-bond donors (Lipinski definition) is 4. The van der Waals surface area contributed by atoms with Crippen molar-refractivity contribution in [3.05, 3.63) is 24.6 Å². The highest BCUT2D eigenvalue weighted by Crippen LogP contribution is 2.05. The van der Waals surface area contributed by atoms with Gasteiger partial charge in [0.05, 0.1) is 13.2 Å². The molecule has 13 nitrogen and oxygen atoms in total. The Morgan fingerprint density at radius 2 is 1.59 bits per heavy atom. The summed E-state index contributed by atoms with van der Waals surface area (Å²) in [7, 11) is 0. The maximum Gasteiger partial charge on any atom is 0.407 e. The van der Waals surface area contributed by atoms with Crippen LogP contribution in [0, 0.1) is 0 Å². The normalized spacial score (nSPS) is 13.2. The molecule has 0 radical (unpaired) electrons. The molecule has 0 bridgehead atoms. The van der Waals surface area contributed by atoms with E-state index in [9.17, 15) is 28.8 Å². The van der Waals surface area contributed by atoms with Crippen molar-refractivity contribution in [2.75, 3.05) is 26.3 Å². The van der Waals surface area contributed by atoms with Gasteiger partial charge in [-0.3, -0.25) is 24.1 Å². The Bertz CT molecular complexity index is 808. The Balaban J connectivity index is 2.49. The summed E-state index contributed by atoms with van der Waals surface area (Å²) >= 11 is 0. The van der Waals surface area contributed by atoms with Gasteiger partial charge in [-0.15, -0.1) is 0 Å². The van der Waals surface area contributed by atoms with E-state index in [0.29, 0.717) is 19.4 Å². The first-order valence-corrected chi connectivity index (χ1v) is 10.8. The SMILES string of the molecule is C=C(NC(=O)CCN1C(=O)C=CC1=O)NC(=O)C(CCCCNC(=O)OCC)NC(=O)OCC. The highest BCUT2D eigenvalue weighted by Gasteiger charge is 2.24. The minimum absolute atomic E-state index is 0.115. The molecule has 1 rings (SSSR count). The van der Waals surface area contributed by atoms with Gasteiger partial charge in [0.1, 0.15) is 11.9 Å². The van der Waals surface area contributed by atoms with Crippen LogP contribution in [0.3, 0.4) is 0 Å². The van der Waals surface area contributed by atoms with Gasteiger partial charge in [0.25, 0.3) is 11.8 Å². The Labute approximate surface area is 197 Å². The lowest BCUT2D eigenvalue weighted by molar-refractivity contribution is -0.137. The number of nitrogens with zero attached hydrogens (tertiary/aromatic N) is 1. The molecule has 1 atom stereocenters. The van der Waals surface area contributed by atoms with Gasteiger partial charge in [0.15, 0.2) is 0 Å². The Morgan fingerprint density at radius 3 is 2.21 bits per heavy atom. The maximum atomic E-state index is 12.6. The Kier molecular flexibility index (Phi) is 12.4. The predicted octanol–water partition coefficient (Wildman–Crippen LogP) is 0.0362. The fraction of sp³-hybridized carbons (Fsp3) is 0.524. The van der Waals surface area contributed by atoms with Crippen LogP contribution in [0.2, 0.25) is 0 Å². The quantitative estimate of drug-likeness (QED) is 0.199. The van der Waals surface area contributed by atoms with Crippen LogP contribution in [0.1, 0.15) is 39.5 Å². The molecule has 0 aliphatic carbocycles. The topological polar surface area (TPSA) is 172 Å². The van der Waals surface area contributed by atoms with E-state index in [-0.39, 0.29) is 38.4 Å².